The molecule has 0 unspecified atom stereocenters. The average molecular weight is 350 g/mol. The Hall–Kier alpha value is -2.52. The number of fused-ring (bicyclic) bond motifs is 6. The van der Waals surface area contributed by atoms with Gasteiger partial charge in [0.2, 0.25) is 11.4 Å². The van der Waals surface area contributed by atoms with Gasteiger partial charge in [-0.2, -0.15) is 4.98 Å². The van der Waals surface area contributed by atoms with Crippen LogP contribution in [0, 0.1) is 0 Å². The molecule has 3 nitrogen and oxygen atoms in total. The number of rotatable bonds is 0. The molecule has 0 radical (unpaired) electrons. The van der Waals surface area contributed by atoms with Crippen molar-refractivity contribution in [2.24, 2.45) is 0 Å². The molecular weight excluding hydrogens is 334 g/mol. The molecule has 3 heterocycles. The third-order valence-corrected chi connectivity index (χ3v) is 4.97. The highest BCUT2D eigenvalue weighted by molar-refractivity contribution is 6.31. The second-order valence-corrected chi connectivity index (χ2v) is 7.94. The molecular formula is C21H16ClNO2. The Morgan fingerprint density at radius 3 is 2.24 bits per heavy atom. The summed E-state index contributed by atoms with van der Waals surface area (Å²) in [7, 11) is 0. The summed E-state index contributed by atoms with van der Waals surface area (Å²) in [5.41, 5.74) is 4.09. The van der Waals surface area contributed by atoms with Crippen LogP contribution in [-0.4, -0.2) is 4.98 Å². The van der Waals surface area contributed by atoms with Crippen molar-refractivity contribution in [1.82, 2.24) is 4.98 Å². The number of halogens is 1. The molecule has 4 heteroatoms. The summed E-state index contributed by atoms with van der Waals surface area (Å²) in [6, 6.07) is 14.1. The van der Waals surface area contributed by atoms with Gasteiger partial charge in [-0.3, -0.25) is 0 Å². The lowest BCUT2D eigenvalue weighted by Gasteiger charge is -2.18. The number of benzene rings is 2. The third-order valence-electron chi connectivity index (χ3n) is 4.74. The topological polar surface area (TPSA) is 39.2 Å². The van der Waals surface area contributed by atoms with Gasteiger partial charge in [-0.05, 0) is 41.3 Å². The van der Waals surface area contributed by atoms with Gasteiger partial charge in [0.25, 0.3) is 0 Å². The minimum absolute atomic E-state index is 0.0778. The zero-order valence-corrected chi connectivity index (χ0v) is 14.9. The minimum Gasteiger partial charge on any atom is -0.438 e. The van der Waals surface area contributed by atoms with Crippen molar-refractivity contribution in [2.75, 3.05) is 0 Å². The van der Waals surface area contributed by atoms with E-state index >= 15 is 0 Å². The van der Waals surface area contributed by atoms with Crippen molar-refractivity contribution in [1.29, 1.82) is 0 Å². The van der Waals surface area contributed by atoms with Gasteiger partial charge in [0.05, 0.1) is 0 Å². The van der Waals surface area contributed by atoms with Crippen molar-refractivity contribution >= 4 is 55.7 Å². The first-order valence-corrected chi connectivity index (χ1v) is 8.63. The number of nitrogens with zero attached hydrogens (tertiary/aromatic N) is 1. The van der Waals surface area contributed by atoms with Crippen LogP contribution >= 0.6 is 11.6 Å². The van der Waals surface area contributed by atoms with Gasteiger partial charge in [-0.25, -0.2) is 0 Å². The van der Waals surface area contributed by atoms with Crippen LogP contribution in [0.2, 0.25) is 5.02 Å². The fourth-order valence-electron chi connectivity index (χ4n) is 3.33. The number of furan rings is 2. The summed E-state index contributed by atoms with van der Waals surface area (Å²) in [5.74, 6) is 0. The van der Waals surface area contributed by atoms with Crippen LogP contribution < -0.4 is 0 Å². The molecule has 25 heavy (non-hydrogen) atoms. The van der Waals surface area contributed by atoms with Gasteiger partial charge < -0.3 is 8.83 Å². The predicted octanol–water partition coefficient (Wildman–Crippen LogP) is 6.83. The van der Waals surface area contributed by atoms with Crippen LogP contribution in [0.15, 0.2) is 51.3 Å². The Labute approximate surface area is 149 Å². The highest BCUT2D eigenvalue weighted by Gasteiger charge is 2.18. The maximum Gasteiger partial charge on any atom is 0.230 e. The van der Waals surface area contributed by atoms with Crippen LogP contribution in [0.4, 0.5) is 0 Å². The molecule has 5 aromatic rings. The smallest absolute Gasteiger partial charge is 0.230 e. The molecule has 0 fully saturated rings. The van der Waals surface area contributed by atoms with Gasteiger partial charge in [-0.15, -0.1) is 0 Å². The Morgan fingerprint density at radius 1 is 0.760 bits per heavy atom. The van der Waals surface area contributed by atoms with E-state index in [1.165, 1.54) is 5.56 Å². The molecule has 3 aromatic heterocycles. The van der Waals surface area contributed by atoms with E-state index in [9.17, 15) is 0 Å². The molecule has 0 spiro atoms. The van der Waals surface area contributed by atoms with E-state index in [-0.39, 0.29) is 5.41 Å². The lowest BCUT2D eigenvalue weighted by atomic mass is 9.86. The molecule has 0 aliphatic carbocycles. The second-order valence-electron chi connectivity index (χ2n) is 7.50. The SMILES string of the molecule is CC(C)(C)c1ccc2oc3nc4oc5cc(Cl)ccc5c4cc3c2c1. The fraction of sp³-hybridized carbons (Fsp3) is 0.190. The van der Waals surface area contributed by atoms with Gasteiger partial charge in [0.15, 0.2) is 0 Å². The van der Waals surface area contributed by atoms with Crippen molar-refractivity contribution < 1.29 is 8.83 Å². The maximum atomic E-state index is 6.07. The monoisotopic (exact) mass is 349 g/mol. The highest BCUT2D eigenvalue weighted by atomic mass is 35.5. The summed E-state index contributed by atoms with van der Waals surface area (Å²) >= 11 is 6.07. The Morgan fingerprint density at radius 2 is 1.48 bits per heavy atom. The molecule has 0 saturated carbocycles. The van der Waals surface area contributed by atoms with Crippen molar-refractivity contribution in [2.45, 2.75) is 26.2 Å². The normalized spacial score (nSPS) is 12.8. The molecule has 5 rings (SSSR count). The lowest BCUT2D eigenvalue weighted by Crippen LogP contribution is -2.10. The maximum absolute atomic E-state index is 6.07. The molecule has 0 saturated heterocycles. The van der Waals surface area contributed by atoms with Crippen molar-refractivity contribution in [3.05, 3.63) is 53.1 Å². The molecule has 124 valence electrons. The van der Waals surface area contributed by atoms with E-state index in [4.69, 9.17) is 20.4 Å². The number of aromatic nitrogens is 1. The minimum atomic E-state index is 0.0778. The van der Waals surface area contributed by atoms with E-state index in [1.807, 2.05) is 24.3 Å². The first-order chi connectivity index (χ1) is 11.9. The summed E-state index contributed by atoms with van der Waals surface area (Å²) < 4.78 is 11.8. The molecule has 0 bridgehead atoms. The highest BCUT2D eigenvalue weighted by Crippen LogP contribution is 2.36. The molecule has 0 N–H and O–H groups in total. The summed E-state index contributed by atoms with van der Waals surface area (Å²) in [6.07, 6.45) is 0. The molecule has 0 aliphatic rings. The van der Waals surface area contributed by atoms with Crippen molar-refractivity contribution in [3.8, 4) is 0 Å². The summed E-state index contributed by atoms with van der Waals surface area (Å²) in [6.45, 7) is 6.63. The first-order valence-electron chi connectivity index (χ1n) is 8.26. The molecule has 0 amide bonds. The van der Waals surface area contributed by atoms with Gasteiger partial charge in [0, 0.05) is 32.6 Å². The number of hydrogen-bond donors (Lipinski definition) is 0. The zero-order valence-electron chi connectivity index (χ0n) is 14.2. The van der Waals surface area contributed by atoms with Crippen LogP contribution in [-0.2, 0) is 5.41 Å². The zero-order chi connectivity index (χ0) is 17.3. The standard InChI is InChI=1S/C21H16ClNO2/c1-21(2,3)11-4-7-17-14(8-11)16-10-15-13-6-5-12(22)9-18(13)25-19(15)23-20(16)24-17/h4-10H,1-3H3. The van der Waals surface area contributed by atoms with Gasteiger partial charge in [0.1, 0.15) is 11.2 Å². The Bertz CT molecular complexity index is 1290. The van der Waals surface area contributed by atoms with E-state index in [2.05, 4.69) is 44.0 Å². The fourth-order valence-corrected chi connectivity index (χ4v) is 3.49. The van der Waals surface area contributed by atoms with E-state index in [0.29, 0.717) is 16.4 Å². The third kappa shape index (κ3) is 2.16. The number of hydrogen-bond acceptors (Lipinski definition) is 3. The average Bonchev–Trinajstić information content (AvgIpc) is 3.07. The van der Waals surface area contributed by atoms with Crippen molar-refractivity contribution in [3.63, 3.8) is 0 Å². The van der Waals surface area contributed by atoms with E-state index in [0.717, 1.165) is 32.7 Å². The molecule has 0 aliphatic heterocycles. The Kier molecular flexibility index (Phi) is 2.82. The van der Waals surface area contributed by atoms with Crippen LogP contribution in [0.1, 0.15) is 26.3 Å². The van der Waals surface area contributed by atoms with E-state index < -0.39 is 0 Å². The van der Waals surface area contributed by atoms with Gasteiger partial charge in [-0.1, -0.05) is 38.4 Å². The van der Waals surface area contributed by atoms with Crippen LogP contribution in [0.3, 0.4) is 0 Å². The molecule has 2 aromatic carbocycles. The van der Waals surface area contributed by atoms with E-state index in [1.54, 1.807) is 0 Å². The quantitative estimate of drug-likeness (QED) is 0.307. The Balaban J connectivity index is 1.89. The second kappa shape index (κ2) is 4.77. The molecule has 0 atom stereocenters. The summed E-state index contributed by atoms with van der Waals surface area (Å²) in [5, 5.41) is 4.72. The largest absolute Gasteiger partial charge is 0.438 e. The number of pyridine rings is 1. The predicted molar refractivity (Wildman–Crippen MR) is 103 cm³/mol. The first kappa shape index (κ1) is 14.8. The van der Waals surface area contributed by atoms with Crippen LogP contribution in [0.5, 0.6) is 0 Å². The van der Waals surface area contributed by atoms with Crippen LogP contribution in [0.25, 0.3) is 44.1 Å². The lowest BCUT2D eigenvalue weighted by molar-refractivity contribution is 0.590. The van der Waals surface area contributed by atoms with Gasteiger partial charge >= 0.3 is 0 Å². The summed E-state index contributed by atoms with van der Waals surface area (Å²) in [4.78, 5) is 4.60.